The van der Waals surface area contributed by atoms with E-state index in [1.165, 1.54) is 98.8 Å². The Morgan fingerprint density at radius 1 is 0.417 bits per heavy atom. The molecule has 6 atom stereocenters. The third-order valence-electron chi connectivity index (χ3n) is 15.7. The summed E-state index contributed by atoms with van der Waals surface area (Å²) in [6.07, 6.45) is -0.317. The number of benzene rings is 8. The van der Waals surface area contributed by atoms with Crippen molar-refractivity contribution in [2.24, 2.45) is 0 Å². The van der Waals surface area contributed by atoms with Crippen LogP contribution in [0.5, 0.6) is 11.5 Å². The van der Waals surface area contributed by atoms with Crippen LogP contribution in [0.4, 0.5) is 0 Å². The Morgan fingerprint density at radius 2 is 0.867 bits per heavy atom. The van der Waals surface area contributed by atoms with Crippen LogP contribution in [0.25, 0.3) is 77.0 Å². The topological polar surface area (TPSA) is 28.3 Å². The quantitative estimate of drug-likeness (QED) is 0.164. The molecule has 0 saturated heterocycles. The normalized spacial score (nSPS) is 22.6. The SMILES string of the molecule is c1ccc(-c2cccc(B(c3cccc(-c4ccccc4)c3)C3C4Oc5cccc6c7ccc8c9c7n(c56)C4C4B9c5c-8ccc6c7cccc8c7n(c56)[C@@H]4C3O8)c2)cc1. The van der Waals surface area contributed by atoms with Gasteiger partial charge in [0.05, 0.1) is 23.1 Å². The van der Waals surface area contributed by atoms with Gasteiger partial charge >= 0.3 is 0 Å². The van der Waals surface area contributed by atoms with E-state index in [9.17, 15) is 0 Å². The first-order valence-electron chi connectivity index (χ1n) is 21.6. The van der Waals surface area contributed by atoms with Crippen LogP contribution in [-0.2, 0) is 0 Å². The van der Waals surface area contributed by atoms with E-state index in [2.05, 4.69) is 179 Å². The maximum Gasteiger partial charge on any atom is 0.223 e. The zero-order chi connectivity index (χ0) is 38.5. The summed E-state index contributed by atoms with van der Waals surface area (Å²) in [6.45, 7) is 0.226. The van der Waals surface area contributed by atoms with Crippen LogP contribution in [0.15, 0.2) is 170 Å². The number of hydrogen-bond donors (Lipinski definition) is 0. The van der Waals surface area contributed by atoms with E-state index in [1.807, 2.05) is 0 Å². The number of ether oxygens (including phenoxy) is 2. The van der Waals surface area contributed by atoms with Gasteiger partial charge in [-0.25, -0.2) is 0 Å². The Morgan fingerprint density at radius 3 is 1.37 bits per heavy atom. The molecule has 16 rings (SSSR count). The smallest absolute Gasteiger partial charge is 0.223 e. The van der Waals surface area contributed by atoms with Crippen molar-refractivity contribution < 1.29 is 9.47 Å². The second-order valence-electron chi connectivity index (χ2n) is 18.1. The first-order chi connectivity index (χ1) is 29.8. The summed E-state index contributed by atoms with van der Waals surface area (Å²) in [7, 11) is 0. The fraction of sp³-hybridized carbons (Fsp3) is 0.111. The lowest BCUT2D eigenvalue weighted by molar-refractivity contribution is -0.00862. The first-order valence-corrected chi connectivity index (χ1v) is 21.6. The van der Waals surface area contributed by atoms with Crippen LogP contribution < -0.4 is 31.3 Å². The van der Waals surface area contributed by atoms with Gasteiger partial charge in [0.25, 0.3) is 0 Å². The van der Waals surface area contributed by atoms with E-state index < -0.39 is 0 Å². The van der Waals surface area contributed by atoms with Gasteiger partial charge in [0.2, 0.25) is 13.4 Å². The van der Waals surface area contributed by atoms with Gasteiger partial charge in [-0.3, -0.25) is 0 Å². The predicted molar refractivity (Wildman–Crippen MR) is 246 cm³/mol. The largest absolute Gasteiger partial charge is 0.486 e. The Balaban J connectivity index is 1.03. The average molecular weight is 765 g/mol. The van der Waals surface area contributed by atoms with Gasteiger partial charge in [0.15, 0.2) is 0 Å². The molecule has 0 amide bonds. The zero-order valence-electron chi connectivity index (χ0n) is 32.5. The van der Waals surface area contributed by atoms with Crippen LogP contribution in [0.3, 0.4) is 0 Å². The molecule has 6 aliphatic rings. The van der Waals surface area contributed by atoms with E-state index in [0.29, 0.717) is 0 Å². The highest BCUT2D eigenvalue weighted by molar-refractivity contribution is 6.95. The minimum atomic E-state index is -0.159. The summed E-state index contributed by atoms with van der Waals surface area (Å²) in [5, 5.41) is 5.31. The van der Waals surface area contributed by atoms with E-state index in [0.717, 1.165) is 11.5 Å². The summed E-state index contributed by atoms with van der Waals surface area (Å²) in [5.41, 5.74) is 18.7. The lowest BCUT2D eigenvalue weighted by atomic mass is 9.24. The average Bonchev–Trinajstić information content (AvgIpc) is 3.96. The van der Waals surface area contributed by atoms with Gasteiger partial charge in [0, 0.05) is 38.4 Å². The van der Waals surface area contributed by atoms with E-state index in [-0.39, 0.29) is 49.4 Å². The molecular weight excluding hydrogens is 730 g/mol. The van der Waals surface area contributed by atoms with E-state index in [4.69, 9.17) is 9.47 Å². The Labute approximate surface area is 346 Å². The number of fused-ring (bicyclic) bond motifs is 3. The highest BCUT2D eigenvalue weighted by Crippen LogP contribution is 2.65. The molecule has 0 N–H and O–H groups in total. The summed E-state index contributed by atoms with van der Waals surface area (Å²) in [5.74, 6) is 2.19. The summed E-state index contributed by atoms with van der Waals surface area (Å²) >= 11 is 0. The van der Waals surface area contributed by atoms with Gasteiger partial charge in [-0.1, -0.05) is 169 Å². The van der Waals surface area contributed by atoms with Crippen LogP contribution in [0.2, 0.25) is 11.6 Å². The van der Waals surface area contributed by atoms with Gasteiger partial charge in [0.1, 0.15) is 23.7 Å². The standard InChI is InChI=1S/C54H34B2N2O2/c1-3-11-29(12-4-1)31-15-7-17-33(27-31)55(34-18-8-16-32(28-34)30-13-5-2-6-14-30)46-53-51-45-52-54(46)60-42-22-10-20-38-40-26-24-36-35-23-25-39-37-19-9-21-41(59-53)47(37)57(51)49(39)43(35)56(45)44(36)50(40)58(52)48(38)42/h1-28,45-46,51-54H/t45?,46?,51-,52?,53?,54?/m0/s1. The Hall–Kier alpha value is -6.91. The summed E-state index contributed by atoms with van der Waals surface area (Å²) < 4.78 is 21.1. The zero-order valence-corrected chi connectivity index (χ0v) is 32.5. The molecule has 0 bridgehead atoms. The lowest BCUT2D eigenvalue weighted by Gasteiger charge is -2.59. The Bertz CT molecular complexity index is 3340. The molecule has 5 aliphatic heterocycles. The maximum absolute atomic E-state index is 7.74. The molecule has 0 spiro atoms. The van der Waals surface area contributed by atoms with E-state index >= 15 is 0 Å². The number of aromatic nitrogens is 2. The molecular formula is C54H34B2N2O2. The minimum Gasteiger partial charge on any atom is -0.486 e. The highest BCUT2D eigenvalue weighted by Gasteiger charge is 2.67. The molecule has 1 fully saturated rings. The Kier molecular flexibility index (Phi) is 5.51. The van der Waals surface area contributed by atoms with Crippen molar-refractivity contribution in [1.29, 1.82) is 0 Å². The maximum atomic E-state index is 7.74. The van der Waals surface area contributed by atoms with Crippen molar-refractivity contribution in [3.63, 3.8) is 0 Å². The molecule has 7 heterocycles. The molecule has 5 unspecified atom stereocenters. The fourth-order valence-corrected chi connectivity index (χ4v) is 13.8. The molecule has 6 heteroatoms. The van der Waals surface area contributed by atoms with E-state index in [1.54, 1.807) is 0 Å². The van der Waals surface area contributed by atoms with Gasteiger partial charge in [-0.15, -0.1) is 0 Å². The molecule has 1 aliphatic carbocycles. The second-order valence-corrected chi connectivity index (χ2v) is 18.1. The molecule has 278 valence electrons. The number of nitrogens with zero attached hydrogens (tertiary/aromatic N) is 2. The highest BCUT2D eigenvalue weighted by atomic mass is 16.5. The molecule has 0 radical (unpaired) electrons. The molecule has 8 aromatic carbocycles. The second kappa shape index (κ2) is 10.6. The third-order valence-corrected chi connectivity index (χ3v) is 15.7. The van der Waals surface area contributed by atoms with Crippen molar-refractivity contribution in [1.82, 2.24) is 9.13 Å². The fourth-order valence-electron chi connectivity index (χ4n) is 13.8. The molecule has 10 aromatic rings. The van der Waals surface area contributed by atoms with Crippen molar-refractivity contribution >= 4 is 78.9 Å². The van der Waals surface area contributed by atoms with Crippen LogP contribution in [0, 0.1) is 0 Å². The summed E-state index contributed by atoms with van der Waals surface area (Å²) in [6, 6.07) is 63.8. The number of rotatable bonds is 5. The van der Waals surface area contributed by atoms with Crippen molar-refractivity contribution in [2.45, 2.75) is 35.9 Å². The number of hydrogen-bond acceptors (Lipinski definition) is 2. The molecule has 60 heavy (non-hydrogen) atoms. The summed E-state index contributed by atoms with van der Waals surface area (Å²) in [4.78, 5) is 0. The molecule has 1 saturated carbocycles. The molecule has 2 aromatic heterocycles. The monoisotopic (exact) mass is 764 g/mol. The van der Waals surface area contributed by atoms with Gasteiger partial charge < -0.3 is 18.6 Å². The minimum absolute atomic E-state index is 0.0454. The van der Waals surface area contributed by atoms with Crippen molar-refractivity contribution in [2.75, 3.05) is 0 Å². The van der Waals surface area contributed by atoms with Gasteiger partial charge in [-0.2, -0.15) is 0 Å². The van der Waals surface area contributed by atoms with Crippen LogP contribution >= 0.6 is 0 Å². The third kappa shape index (κ3) is 3.51. The van der Waals surface area contributed by atoms with Crippen LogP contribution in [-0.4, -0.2) is 34.8 Å². The van der Waals surface area contributed by atoms with Crippen LogP contribution in [0.1, 0.15) is 12.1 Å². The van der Waals surface area contributed by atoms with Crippen molar-refractivity contribution in [3.8, 4) is 44.9 Å². The predicted octanol–water partition coefficient (Wildman–Crippen LogP) is 9.52. The van der Waals surface area contributed by atoms with Gasteiger partial charge in [-0.05, 0) is 62.3 Å². The lowest BCUT2D eigenvalue weighted by Crippen LogP contribution is -2.69. The molecule has 4 nitrogen and oxygen atoms in total. The number of para-hydroxylation sites is 2. The van der Waals surface area contributed by atoms with Crippen molar-refractivity contribution in [3.05, 3.63) is 170 Å². The first kappa shape index (κ1) is 31.1.